The van der Waals surface area contributed by atoms with E-state index in [1.54, 1.807) is 12.1 Å². The highest BCUT2D eigenvalue weighted by atomic mass is 79.9. The minimum Gasteiger partial charge on any atom is -0.399 e. The number of ether oxygens (including phenoxy) is 2. The van der Waals surface area contributed by atoms with E-state index in [0.29, 0.717) is 30.0 Å². The number of hydrogen-bond acceptors (Lipinski definition) is 5. The van der Waals surface area contributed by atoms with Crippen LogP contribution in [0.3, 0.4) is 0 Å². The molecule has 106 valence electrons. The highest BCUT2D eigenvalue weighted by molar-refractivity contribution is 9.10. The van der Waals surface area contributed by atoms with Gasteiger partial charge in [0, 0.05) is 16.7 Å². The molecule has 1 aliphatic rings. The van der Waals surface area contributed by atoms with Crippen molar-refractivity contribution in [3.63, 3.8) is 0 Å². The van der Waals surface area contributed by atoms with Crippen molar-refractivity contribution < 1.29 is 17.9 Å². The second-order valence-electron chi connectivity index (χ2n) is 4.11. The molecule has 1 unspecified atom stereocenters. The summed E-state index contributed by atoms with van der Waals surface area (Å²) >= 11 is 3.19. The highest BCUT2D eigenvalue weighted by Crippen LogP contribution is 2.24. The van der Waals surface area contributed by atoms with Gasteiger partial charge in [-0.3, -0.25) is 0 Å². The van der Waals surface area contributed by atoms with Gasteiger partial charge in [-0.2, -0.15) is 0 Å². The van der Waals surface area contributed by atoms with Crippen molar-refractivity contribution in [1.29, 1.82) is 0 Å². The highest BCUT2D eigenvalue weighted by Gasteiger charge is 2.21. The van der Waals surface area contributed by atoms with Gasteiger partial charge < -0.3 is 15.2 Å². The minimum absolute atomic E-state index is 0.151. The van der Waals surface area contributed by atoms with Gasteiger partial charge in [0.25, 0.3) is 0 Å². The monoisotopic (exact) mass is 350 g/mol. The third-order valence-electron chi connectivity index (χ3n) is 2.63. The fourth-order valence-corrected chi connectivity index (χ4v) is 3.83. The lowest BCUT2D eigenvalue weighted by molar-refractivity contribution is -0.0846. The van der Waals surface area contributed by atoms with Crippen molar-refractivity contribution in [2.75, 3.05) is 32.1 Å². The predicted octanol–water partition coefficient (Wildman–Crippen LogP) is 0.725. The smallest absolute Gasteiger partial charge is 0.241 e. The van der Waals surface area contributed by atoms with Gasteiger partial charge in [0.1, 0.15) is 0 Å². The fourth-order valence-electron chi connectivity index (χ4n) is 1.67. The number of nitrogen functional groups attached to an aromatic ring is 1. The standard InChI is InChI=1S/C11H15BrN2O4S/c12-10-5-8(13)1-2-11(10)19(15,16)14-6-9-7-17-3-4-18-9/h1-2,5,9,14H,3-4,6-7,13H2. The van der Waals surface area contributed by atoms with Crippen molar-refractivity contribution in [3.05, 3.63) is 22.7 Å². The summed E-state index contributed by atoms with van der Waals surface area (Å²) in [6, 6.07) is 4.55. The third-order valence-corrected chi connectivity index (χ3v) is 5.03. The van der Waals surface area contributed by atoms with Crippen molar-refractivity contribution >= 4 is 31.6 Å². The maximum absolute atomic E-state index is 12.1. The van der Waals surface area contributed by atoms with Gasteiger partial charge in [-0.15, -0.1) is 0 Å². The minimum atomic E-state index is -3.60. The summed E-state index contributed by atoms with van der Waals surface area (Å²) in [6.07, 6.45) is -0.254. The first-order valence-corrected chi connectivity index (χ1v) is 8.01. The van der Waals surface area contributed by atoms with Crippen molar-refractivity contribution in [3.8, 4) is 0 Å². The molecule has 1 atom stereocenters. The molecule has 0 aliphatic carbocycles. The third kappa shape index (κ3) is 3.90. The van der Waals surface area contributed by atoms with Gasteiger partial charge in [-0.1, -0.05) is 0 Å². The zero-order valence-corrected chi connectivity index (χ0v) is 12.5. The van der Waals surface area contributed by atoms with Crippen LogP contribution < -0.4 is 10.5 Å². The molecule has 8 heteroatoms. The quantitative estimate of drug-likeness (QED) is 0.781. The van der Waals surface area contributed by atoms with E-state index < -0.39 is 10.0 Å². The first kappa shape index (κ1) is 14.7. The Balaban J connectivity index is 2.05. The summed E-state index contributed by atoms with van der Waals surface area (Å²) < 4.78 is 37.8. The number of nitrogens with one attached hydrogen (secondary N) is 1. The van der Waals surface area contributed by atoms with Crippen molar-refractivity contribution in [2.24, 2.45) is 0 Å². The van der Waals surface area contributed by atoms with Crippen LogP contribution in [-0.2, 0) is 19.5 Å². The van der Waals surface area contributed by atoms with Crippen LogP contribution in [0.5, 0.6) is 0 Å². The zero-order valence-electron chi connectivity index (χ0n) is 10.1. The summed E-state index contributed by atoms with van der Waals surface area (Å²) in [5.41, 5.74) is 6.08. The summed E-state index contributed by atoms with van der Waals surface area (Å²) in [7, 11) is -3.60. The van der Waals surface area contributed by atoms with Crippen LogP contribution in [0.15, 0.2) is 27.6 Å². The van der Waals surface area contributed by atoms with Gasteiger partial charge in [-0.05, 0) is 34.1 Å². The van der Waals surface area contributed by atoms with Crippen LogP contribution in [0.25, 0.3) is 0 Å². The van der Waals surface area contributed by atoms with E-state index >= 15 is 0 Å². The second-order valence-corrected chi connectivity index (χ2v) is 6.70. The molecule has 0 saturated carbocycles. The Hall–Kier alpha value is -0.670. The molecule has 0 spiro atoms. The number of nitrogens with two attached hydrogens (primary N) is 1. The maximum Gasteiger partial charge on any atom is 0.241 e. The molecule has 0 aromatic heterocycles. The van der Waals surface area contributed by atoms with Gasteiger partial charge in [0.15, 0.2) is 0 Å². The summed E-state index contributed by atoms with van der Waals surface area (Å²) in [5, 5.41) is 0. The Labute approximate surface area is 120 Å². The van der Waals surface area contributed by atoms with Crippen LogP contribution in [0, 0.1) is 0 Å². The molecule has 2 rings (SSSR count). The molecule has 1 fully saturated rings. The van der Waals surface area contributed by atoms with Crippen LogP contribution in [0.1, 0.15) is 0 Å². The Kier molecular flexibility index (Phi) is 4.80. The number of sulfonamides is 1. The first-order chi connectivity index (χ1) is 8.99. The summed E-state index contributed by atoms with van der Waals surface area (Å²) in [4.78, 5) is 0.151. The van der Waals surface area contributed by atoms with Crippen molar-refractivity contribution in [1.82, 2.24) is 4.72 Å². The maximum atomic E-state index is 12.1. The molecular weight excluding hydrogens is 336 g/mol. The van der Waals surface area contributed by atoms with E-state index in [0.717, 1.165) is 0 Å². The van der Waals surface area contributed by atoms with E-state index in [1.807, 2.05) is 0 Å². The van der Waals surface area contributed by atoms with Crippen LogP contribution in [0.4, 0.5) is 5.69 Å². The number of anilines is 1. The van der Waals surface area contributed by atoms with E-state index in [-0.39, 0.29) is 17.5 Å². The van der Waals surface area contributed by atoms with Crippen LogP contribution in [-0.4, -0.2) is 40.9 Å². The second kappa shape index (κ2) is 6.19. The van der Waals surface area contributed by atoms with Crippen LogP contribution >= 0.6 is 15.9 Å². The normalized spacial score (nSPS) is 20.4. The van der Waals surface area contributed by atoms with E-state index in [2.05, 4.69) is 20.7 Å². The molecule has 1 aromatic carbocycles. The topological polar surface area (TPSA) is 90.7 Å². The Morgan fingerprint density at radius 2 is 2.21 bits per heavy atom. The van der Waals surface area contributed by atoms with E-state index in [4.69, 9.17) is 15.2 Å². The number of rotatable bonds is 4. The molecular formula is C11H15BrN2O4S. The molecule has 6 nitrogen and oxygen atoms in total. The molecule has 3 N–H and O–H groups in total. The molecule has 1 aliphatic heterocycles. The molecule has 0 radical (unpaired) electrons. The Morgan fingerprint density at radius 1 is 1.42 bits per heavy atom. The SMILES string of the molecule is Nc1ccc(S(=O)(=O)NCC2COCCO2)c(Br)c1. The lowest BCUT2D eigenvalue weighted by atomic mass is 10.3. The van der Waals surface area contributed by atoms with E-state index in [9.17, 15) is 8.42 Å². The molecule has 19 heavy (non-hydrogen) atoms. The molecule has 1 saturated heterocycles. The number of halogens is 1. The Bertz CT molecular complexity index is 544. The average molecular weight is 351 g/mol. The molecule has 0 amide bonds. The largest absolute Gasteiger partial charge is 0.399 e. The molecule has 1 heterocycles. The van der Waals surface area contributed by atoms with Gasteiger partial charge in [0.05, 0.1) is 30.8 Å². The average Bonchev–Trinajstić information content (AvgIpc) is 2.37. The summed E-state index contributed by atoms with van der Waals surface area (Å²) in [5.74, 6) is 0. The van der Waals surface area contributed by atoms with Crippen molar-refractivity contribution in [2.45, 2.75) is 11.0 Å². The first-order valence-electron chi connectivity index (χ1n) is 5.73. The summed E-state index contributed by atoms with van der Waals surface area (Å²) in [6.45, 7) is 1.61. The van der Waals surface area contributed by atoms with Crippen LogP contribution in [0.2, 0.25) is 0 Å². The Morgan fingerprint density at radius 3 is 2.84 bits per heavy atom. The van der Waals surface area contributed by atoms with Gasteiger partial charge in [-0.25, -0.2) is 13.1 Å². The van der Waals surface area contributed by atoms with Gasteiger partial charge in [0.2, 0.25) is 10.0 Å². The number of hydrogen-bond donors (Lipinski definition) is 2. The molecule has 1 aromatic rings. The fraction of sp³-hybridized carbons (Fsp3) is 0.455. The van der Waals surface area contributed by atoms with Gasteiger partial charge >= 0.3 is 0 Å². The lowest BCUT2D eigenvalue weighted by Gasteiger charge is -2.23. The zero-order chi connectivity index (χ0) is 13.9. The number of benzene rings is 1. The lowest BCUT2D eigenvalue weighted by Crippen LogP contribution is -2.39. The predicted molar refractivity (Wildman–Crippen MR) is 74.3 cm³/mol. The molecule has 0 bridgehead atoms. The van der Waals surface area contributed by atoms with E-state index in [1.165, 1.54) is 6.07 Å².